The molecule has 0 N–H and O–H groups in total. The number of ether oxygens (including phenoxy) is 1. The highest BCUT2D eigenvalue weighted by atomic mass is 16.5. The van der Waals surface area contributed by atoms with E-state index in [1.54, 1.807) is 7.11 Å². The molecule has 1 fully saturated rings. The first-order valence-corrected chi connectivity index (χ1v) is 13.0. The Labute approximate surface area is 205 Å². The number of carbonyl (C=O) groups is 1. The summed E-state index contributed by atoms with van der Waals surface area (Å²) in [5.41, 5.74) is 3.46. The second-order valence-corrected chi connectivity index (χ2v) is 9.89. The van der Waals surface area contributed by atoms with Crippen molar-refractivity contribution in [2.24, 2.45) is 17.8 Å². The Morgan fingerprint density at radius 2 is 1.91 bits per heavy atom. The van der Waals surface area contributed by atoms with Gasteiger partial charge in [0.2, 0.25) is 5.91 Å². The summed E-state index contributed by atoms with van der Waals surface area (Å²) in [7, 11) is 1.73. The van der Waals surface area contributed by atoms with Crippen LogP contribution in [-0.4, -0.2) is 17.9 Å². The summed E-state index contributed by atoms with van der Waals surface area (Å²) >= 11 is 0. The van der Waals surface area contributed by atoms with Crippen molar-refractivity contribution in [2.75, 3.05) is 7.11 Å². The van der Waals surface area contributed by atoms with Crippen LogP contribution in [0.4, 0.5) is 0 Å². The molecule has 2 aromatic carbocycles. The van der Waals surface area contributed by atoms with Gasteiger partial charge in [0.15, 0.2) is 0 Å². The standard InChI is InChI=1S/C31H39NO2/c1-4-5-6-7-8-10-15-24-19-20-28(34-3)27(21-24)30-26-18-13-14-23(2)29(26)31(33)32(30)22-25-16-11-9-12-17-25/h9-13,15-21,23,26,29-30H,4-8,14,22H2,1-3H3. The third-order valence-corrected chi connectivity index (χ3v) is 7.47. The number of allylic oxidation sites excluding steroid dienone is 2. The SMILES string of the molecule is CCCCCCC=Cc1ccc(OC)c(C2C3C=CCC(C)C3C(=O)N2Cc2ccccc2)c1. The lowest BCUT2D eigenvalue weighted by Crippen LogP contribution is -2.30. The number of fused-ring (bicyclic) bond motifs is 1. The summed E-state index contributed by atoms with van der Waals surface area (Å²) < 4.78 is 5.84. The highest BCUT2D eigenvalue weighted by molar-refractivity contribution is 5.83. The summed E-state index contributed by atoms with van der Waals surface area (Å²) in [4.78, 5) is 15.9. The minimum atomic E-state index is -0.0236. The van der Waals surface area contributed by atoms with E-state index in [1.165, 1.54) is 36.8 Å². The Hall–Kier alpha value is -2.81. The van der Waals surface area contributed by atoms with Gasteiger partial charge in [0.1, 0.15) is 5.75 Å². The molecule has 0 bridgehead atoms. The lowest BCUT2D eigenvalue weighted by Gasteiger charge is -2.30. The van der Waals surface area contributed by atoms with Gasteiger partial charge in [0, 0.05) is 23.9 Å². The average Bonchev–Trinajstić information content (AvgIpc) is 3.14. The summed E-state index contributed by atoms with van der Waals surface area (Å²) in [6, 6.07) is 16.8. The van der Waals surface area contributed by atoms with Crippen LogP contribution in [0.2, 0.25) is 0 Å². The fourth-order valence-corrected chi connectivity index (χ4v) is 5.67. The van der Waals surface area contributed by atoms with E-state index in [-0.39, 0.29) is 23.8 Å². The van der Waals surface area contributed by atoms with Gasteiger partial charge in [-0.1, -0.05) is 93.8 Å². The van der Waals surface area contributed by atoms with Crippen molar-refractivity contribution in [3.8, 4) is 5.75 Å². The topological polar surface area (TPSA) is 29.5 Å². The van der Waals surface area contributed by atoms with Gasteiger partial charge in [-0.05, 0) is 48.4 Å². The normalized spacial score (nSPS) is 24.1. The first-order chi connectivity index (χ1) is 16.6. The smallest absolute Gasteiger partial charge is 0.227 e. The molecule has 4 unspecified atom stereocenters. The van der Waals surface area contributed by atoms with Gasteiger partial charge >= 0.3 is 0 Å². The van der Waals surface area contributed by atoms with Gasteiger partial charge in [-0.15, -0.1) is 0 Å². The summed E-state index contributed by atoms with van der Waals surface area (Å²) in [5.74, 6) is 1.68. The van der Waals surface area contributed by atoms with Crippen LogP contribution >= 0.6 is 0 Å². The van der Waals surface area contributed by atoms with Gasteiger partial charge in [-0.25, -0.2) is 0 Å². The second kappa shape index (κ2) is 11.6. The lowest BCUT2D eigenvalue weighted by molar-refractivity contribution is -0.134. The van der Waals surface area contributed by atoms with E-state index in [1.807, 2.05) is 18.2 Å². The van der Waals surface area contributed by atoms with Crippen LogP contribution < -0.4 is 4.74 Å². The first kappa shape index (κ1) is 24.3. The number of rotatable bonds is 10. The van der Waals surface area contributed by atoms with Gasteiger partial charge in [0.05, 0.1) is 13.2 Å². The number of carbonyl (C=O) groups excluding carboxylic acids is 1. The molecule has 3 heteroatoms. The van der Waals surface area contributed by atoms with E-state index in [4.69, 9.17) is 4.74 Å². The molecular weight excluding hydrogens is 418 g/mol. The molecule has 1 heterocycles. The van der Waals surface area contributed by atoms with E-state index in [0.29, 0.717) is 12.5 Å². The van der Waals surface area contributed by atoms with Crippen LogP contribution in [0, 0.1) is 17.8 Å². The monoisotopic (exact) mass is 457 g/mol. The number of methoxy groups -OCH3 is 1. The Morgan fingerprint density at radius 3 is 2.68 bits per heavy atom. The van der Waals surface area contributed by atoms with Crippen LogP contribution in [0.3, 0.4) is 0 Å². The summed E-state index contributed by atoms with van der Waals surface area (Å²) in [6.07, 6.45) is 16.2. The van der Waals surface area contributed by atoms with Crippen molar-refractivity contribution < 1.29 is 9.53 Å². The Balaban J connectivity index is 1.66. The van der Waals surface area contributed by atoms with Crippen LogP contribution in [0.1, 0.15) is 75.1 Å². The Kier molecular flexibility index (Phi) is 8.26. The van der Waals surface area contributed by atoms with E-state index < -0.39 is 0 Å². The molecule has 3 nitrogen and oxygen atoms in total. The summed E-state index contributed by atoms with van der Waals surface area (Å²) in [6.45, 7) is 5.09. The zero-order chi connectivity index (χ0) is 23.9. The molecule has 4 rings (SSSR count). The minimum absolute atomic E-state index is 0.0236. The molecule has 1 aliphatic heterocycles. The predicted molar refractivity (Wildman–Crippen MR) is 140 cm³/mol. The molecule has 0 radical (unpaired) electrons. The van der Waals surface area contributed by atoms with Crippen molar-refractivity contribution in [3.05, 3.63) is 83.4 Å². The zero-order valence-electron chi connectivity index (χ0n) is 21.0. The van der Waals surface area contributed by atoms with E-state index in [9.17, 15) is 4.79 Å². The van der Waals surface area contributed by atoms with Crippen LogP contribution in [0.25, 0.3) is 6.08 Å². The molecule has 1 aliphatic carbocycles. The second-order valence-electron chi connectivity index (χ2n) is 9.89. The number of hydrogen-bond donors (Lipinski definition) is 0. The van der Waals surface area contributed by atoms with Crippen molar-refractivity contribution in [2.45, 2.75) is 65.0 Å². The zero-order valence-corrected chi connectivity index (χ0v) is 21.0. The number of hydrogen-bond acceptors (Lipinski definition) is 2. The third-order valence-electron chi connectivity index (χ3n) is 7.47. The molecule has 180 valence electrons. The molecule has 2 aromatic rings. The van der Waals surface area contributed by atoms with Crippen molar-refractivity contribution in [1.82, 2.24) is 4.90 Å². The fraction of sp³-hybridized carbons (Fsp3) is 0.452. The lowest BCUT2D eigenvalue weighted by atomic mass is 9.75. The highest BCUT2D eigenvalue weighted by Gasteiger charge is 2.50. The average molecular weight is 458 g/mol. The number of nitrogens with zero attached hydrogens (tertiary/aromatic N) is 1. The van der Waals surface area contributed by atoms with Gasteiger partial charge < -0.3 is 9.64 Å². The van der Waals surface area contributed by atoms with Crippen molar-refractivity contribution in [3.63, 3.8) is 0 Å². The molecular formula is C31H39NO2. The number of unbranched alkanes of at least 4 members (excludes halogenated alkanes) is 4. The minimum Gasteiger partial charge on any atom is -0.496 e. The number of likely N-dealkylation sites (tertiary alicyclic amines) is 1. The molecule has 0 saturated carbocycles. The molecule has 4 atom stereocenters. The quantitative estimate of drug-likeness (QED) is 0.272. The molecule has 0 aromatic heterocycles. The van der Waals surface area contributed by atoms with Crippen LogP contribution in [-0.2, 0) is 11.3 Å². The van der Waals surface area contributed by atoms with E-state index in [2.05, 4.69) is 73.4 Å². The van der Waals surface area contributed by atoms with E-state index in [0.717, 1.165) is 24.2 Å². The van der Waals surface area contributed by atoms with Crippen LogP contribution in [0.15, 0.2) is 66.8 Å². The Morgan fingerprint density at radius 1 is 1.09 bits per heavy atom. The molecule has 1 amide bonds. The Bertz CT molecular complexity index is 1010. The number of benzene rings is 2. The molecule has 0 spiro atoms. The largest absolute Gasteiger partial charge is 0.496 e. The number of amides is 1. The maximum atomic E-state index is 13.8. The summed E-state index contributed by atoms with van der Waals surface area (Å²) in [5, 5.41) is 0. The maximum Gasteiger partial charge on any atom is 0.227 e. The van der Waals surface area contributed by atoms with Crippen molar-refractivity contribution >= 4 is 12.0 Å². The third kappa shape index (κ3) is 5.29. The first-order valence-electron chi connectivity index (χ1n) is 13.0. The van der Waals surface area contributed by atoms with Gasteiger partial charge in [-0.2, -0.15) is 0 Å². The van der Waals surface area contributed by atoms with Crippen LogP contribution in [0.5, 0.6) is 5.75 Å². The highest BCUT2D eigenvalue weighted by Crippen LogP contribution is 2.50. The van der Waals surface area contributed by atoms with E-state index >= 15 is 0 Å². The predicted octanol–water partition coefficient (Wildman–Crippen LogP) is 7.59. The van der Waals surface area contributed by atoms with Crippen molar-refractivity contribution in [1.29, 1.82) is 0 Å². The molecule has 34 heavy (non-hydrogen) atoms. The maximum absolute atomic E-state index is 13.8. The fourth-order valence-electron chi connectivity index (χ4n) is 5.67. The van der Waals surface area contributed by atoms with Gasteiger partial charge in [0.25, 0.3) is 0 Å². The van der Waals surface area contributed by atoms with Gasteiger partial charge in [-0.3, -0.25) is 4.79 Å². The molecule has 1 saturated heterocycles. The molecule has 2 aliphatic rings.